The maximum Gasteiger partial charge on any atom is 0.224 e. The average Bonchev–Trinajstić information content (AvgIpc) is 2.89. The monoisotopic (exact) mass is 309 g/mol. The number of benzene rings is 1. The molecule has 1 aromatic carbocycles. The minimum atomic E-state index is -0.391. The zero-order valence-corrected chi connectivity index (χ0v) is 13.0. The van der Waals surface area contributed by atoms with Crippen LogP contribution in [0.2, 0.25) is 0 Å². The minimum absolute atomic E-state index is 0.149. The molecule has 0 saturated carbocycles. The fraction of sp³-hybridized carbons (Fsp3) is 0.118. The van der Waals surface area contributed by atoms with Crippen molar-refractivity contribution in [1.29, 1.82) is 5.26 Å². The Kier molecular flexibility index (Phi) is 4.87. The zero-order valence-electron chi connectivity index (χ0n) is 12.2. The molecule has 5 heteroatoms. The normalized spacial score (nSPS) is 12.2. The van der Waals surface area contributed by atoms with Crippen LogP contribution in [0.4, 0.5) is 0 Å². The van der Waals surface area contributed by atoms with Crippen molar-refractivity contribution in [2.45, 2.75) is 13.3 Å². The first kappa shape index (κ1) is 15.7. The molecule has 2 N–H and O–H groups in total. The van der Waals surface area contributed by atoms with Crippen LogP contribution in [0.3, 0.4) is 0 Å². The van der Waals surface area contributed by atoms with E-state index in [0.29, 0.717) is 10.6 Å². The molecule has 22 heavy (non-hydrogen) atoms. The van der Waals surface area contributed by atoms with Gasteiger partial charge in [-0.1, -0.05) is 24.8 Å². The second kappa shape index (κ2) is 6.83. The van der Waals surface area contributed by atoms with Gasteiger partial charge >= 0.3 is 0 Å². The Hall–Kier alpha value is -2.71. The van der Waals surface area contributed by atoms with Gasteiger partial charge < -0.3 is 5.73 Å². The maximum absolute atomic E-state index is 11.0. The summed E-state index contributed by atoms with van der Waals surface area (Å²) in [5, 5.41) is 9.73. The molecule has 1 aromatic heterocycles. The van der Waals surface area contributed by atoms with Crippen LogP contribution in [-0.4, -0.2) is 10.9 Å². The van der Waals surface area contributed by atoms with E-state index < -0.39 is 5.91 Å². The summed E-state index contributed by atoms with van der Waals surface area (Å²) in [4.78, 5) is 15.4. The topological polar surface area (TPSA) is 79.8 Å². The molecule has 4 nitrogen and oxygen atoms in total. The first-order valence-corrected chi connectivity index (χ1v) is 7.47. The number of amides is 1. The van der Waals surface area contributed by atoms with E-state index in [9.17, 15) is 4.79 Å². The molecular weight excluding hydrogens is 294 g/mol. The van der Waals surface area contributed by atoms with Gasteiger partial charge in [0.05, 0.1) is 22.7 Å². The third-order valence-electron chi connectivity index (χ3n) is 3.06. The van der Waals surface area contributed by atoms with Crippen molar-refractivity contribution >= 4 is 33.0 Å². The first-order valence-electron chi connectivity index (χ1n) is 6.66. The van der Waals surface area contributed by atoms with Gasteiger partial charge in [0, 0.05) is 5.57 Å². The van der Waals surface area contributed by atoms with Gasteiger partial charge in [-0.05, 0) is 36.3 Å². The molecule has 0 atom stereocenters. The first-order chi connectivity index (χ1) is 10.6. The van der Waals surface area contributed by atoms with E-state index in [-0.39, 0.29) is 6.42 Å². The third kappa shape index (κ3) is 3.48. The smallest absolute Gasteiger partial charge is 0.224 e. The predicted octanol–water partition coefficient (Wildman–Crippen LogP) is 3.36. The molecule has 0 aliphatic rings. The van der Waals surface area contributed by atoms with Crippen molar-refractivity contribution in [2.24, 2.45) is 5.73 Å². The number of carbonyl (C=O) groups excluding carboxylic acids is 1. The maximum atomic E-state index is 11.0. The van der Waals surface area contributed by atoms with Crippen LogP contribution < -0.4 is 5.73 Å². The number of primary amides is 1. The third-order valence-corrected chi connectivity index (χ3v) is 4.08. The molecule has 0 fully saturated rings. The SMILES string of the molecule is C=C/C(=C\C(C#N)=C/C)c1ccc2nc(CC(N)=O)sc2c1. The number of carbonyl (C=O) groups is 1. The van der Waals surface area contributed by atoms with Crippen molar-refractivity contribution in [3.05, 3.63) is 59.2 Å². The van der Waals surface area contributed by atoms with Crippen LogP contribution in [-0.2, 0) is 11.2 Å². The molecule has 0 radical (unpaired) electrons. The number of fused-ring (bicyclic) bond motifs is 1. The van der Waals surface area contributed by atoms with Crippen LogP contribution >= 0.6 is 11.3 Å². The lowest BCUT2D eigenvalue weighted by atomic mass is 10.0. The van der Waals surface area contributed by atoms with E-state index in [1.165, 1.54) is 11.3 Å². The number of nitrogens with two attached hydrogens (primary N) is 1. The lowest BCUT2D eigenvalue weighted by Crippen LogP contribution is -2.13. The Morgan fingerprint density at radius 1 is 1.55 bits per heavy atom. The fourth-order valence-electron chi connectivity index (χ4n) is 1.98. The minimum Gasteiger partial charge on any atom is -0.369 e. The summed E-state index contributed by atoms with van der Waals surface area (Å²) in [6, 6.07) is 7.93. The molecule has 1 amide bonds. The van der Waals surface area contributed by atoms with Crippen molar-refractivity contribution in [2.75, 3.05) is 0 Å². The molecule has 110 valence electrons. The average molecular weight is 309 g/mol. The summed E-state index contributed by atoms with van der Waals surface area (Å²) < 4.78 is 0.973. The highest BCUT2D eigenvalue weighted by atomic mass is 32.1. The molecule has 2 rings (SSSR count). The van der Waals surface area contributed by atoms with Crippen molar-refractivity contribution in [1.82, 2.24) is 4.98 Å². The largest absolute Gasteiger partial charge is 0.369 e. The Morgan fingerprint density at radius 3 is 2.91 bits per heavy atom. The quantitative estimate of drug-likeness (QED) is 0.679. The van der Waals surface area contributed by atoms with Crippen molar-refractivity contribution in [3.8, 4) is 6.07 Å². The van der Waals surface area contributed by atoms with Gasteiger partial charge in [0.15, 0.2) is 0 Å². The van der Waals surface area contributed by atoms with Gasteiger partial charge in [0.1, 0.15) is 5.01 Å². The number of hydrogen-bond donors (Lipinski definition) is 1. The number of hydrogen-bond acceptors (Lipinski definition) is 4. The summed E-state index contributed by atoms with van der Waals surface area (Å²) in [6.45, 7) is 5.62. The van der Waals surface area contributed by atoms with Crippen LogP contribution in [0.5, 0.6) is 0 Å². The fourth-order valence-corrected chi connectivity index (χ4v) is 3.00. The highest BCUT2D eigenvalue weighted by molar-refractivity contribution is 7.18. The van der Waals surface area contributed by atoms with E-state index in [1.807, 2.05) is 25.1 Å². The summed E-state index contributed by atoms with van der Waals surface area (Å²) in [5.74, 6) is -0.391. The number of thiazole rings is 1. The van der Waals surface area contributed by atoms with Crippen LogP contribution in [0.25, 0.3) is 15.8 Å². The standard InChI is InChI=1S/C17H15N3OS/c1-3-11(10-18)7-12(4-2)13-5-6-14-15(8-13)22-17(20-14)9-16(19)21/h3-8H,2,9H2,1H3,(H2,19,21)/b11-3+,12-7+. The Morgan fingerprint density at radius 2 is 2.32 bits per heavy atom. The van der Waals surface area contributed by atoms with E-state index in [4.69, 9.17) is 11.0 Å². The second-order valence-corrected chi connectivity index (χ2v) is 5.71. The lowest BCUT2D eigenvalue weighted by Gasteiger charge is -2.02. The Bertz CT molecular complexity index is 837. The van der Waals surface area contributed by atoms with Crippen LogP contribution in [0, 0.1) is 11.3 Å². The highest BCUT2D eigenvalue weighted by Crippen LogP contribution is 2.27. The van der Waals surface area contributed by atoms with Crippen LogP contribution in [0.15, 0.2) is 48.6 Å². The summed E-state index contributed by atoms with van der Waals surface area (Å²) >= 11 is 1.44. The summed E-state index contributed by atoms with van der Waals surface area (Å²) in [7, 11) is 0. The second-order valence-electron chi connectivity index (χ2n) is 4.59. The van der Waals surface area contributed by atoms with Gasteiger partial charge in [-0.2, -0.15) is 5.26 Å². The molecule has 0 aliphatic carbocycles. The molecule has 1 heterocycles. The summed E-state index contributed by atoms with van der Waals surface area (Å²) in [5.41, 5.74) is 8.42. The number of nitriles is 1. The van der Waals surface area contributed by atoms with E-state index >= 15 is 0 Å². The predicted molar refractivity (Wildman–Crippen MR) is 90.1 cm³/mol. The van der Waals surface area contributed by atoms with E-state index in [1.54, 1.807) is 18.2 Å². The molecule has 2 aromatic rings. The van der Waals surface area contributed by atoms with Crippen LogP contribution in [0.1, 0.15) is 17.5 Å². The zero-order chi connectivity index (χ0) is 16.1. The van der Waals surface area contributed by atoms with Gasteiger partial charge in [0.25, 0.3) is 0 Å². The van der Waals surface area contributed by atoms with Crippen molar-refractivity contribution < 1.29 is 4.79 Å². The van der Waals surface area contributed by atoms with E-state index in [0.717, 1.165) is 21.4 Å². The number of allylic oxidation sites excluding steroid dienone is 5. The van der Waals surface area contributed by atoms with Gasteiger partial charge in [0.2, 0.25) is 5.91 Å². The van der Waals surface area contributed by atoms with Gasteiger partial charge in [-0.25, -0.2) is 4.98 Å². The molecule has 0 spiro atoms. The summed E-state index contributed by atoms with van der Waals surface area (Å²) in [6.07, 6.45) is 5.41. The van der Waals surface area contributed by atoms with E-state index in [2.05, 4.69) is 17.6 Å². The lowest BCUT2D eigenvalue weighted by molar-refractivity contribution is -0.117. The Balaban J connectivity index is 2.45. The van der Waals surface area contributed by atoms with Gasteiger partial charge in [-0.15, -0.1) is 11.3 Å². The molecular formula is C17H15N3OS. The highest BCUT2D eigenvalue weighted by Gasteiger charge is 2.08. The Labute approximate surface area is 132 Å². The number of nitrogens with zero attached hydrogens (tertiary/aromatic N) is 2. The number of rotatable bonds is 5. The molecule has 0 unspecified atom stereocenters. The molecule has 0 saturated heterocycles. The van der Waals surface area contributed by atoms with Crippen molar-refractivity contribution in [3.63, 3.8) is 0 Å². The van der Waals surface area contributed by atoms with Gasteiger partial charge in [-0.3, -0.25) is 4.79 Å². The number of aromatic nitrogens is 1. The molecule has 0 bridgehead atoms. The molecule has 0 aliphatic heterocycles.